The van der Waals surface area contributed by atoms with Crippen LogP contribution in [-0.4, -0.2) is 25.2 Å². The van der Waals surface area contributed by atoms with Crippen LogP contribution in [0.5, 0.6) is 5.75 Å². The van der Waals surface area contributed by atoms with Crippen molar-refractivity contribution in [2.24, 2.45) is 0 Å². The van der Waals surface area contributed by atoms with Gasteiger partial charge in [-0.2, -0.15) is 0 Å². The Morgan fingerprint density at radius 3 is 2.31 bits per heavy atom. The average Bonchev–Trinajstić information content (AvgIpc) is 3.11. The predicted octanol–water partition coefficient (Wildman–Crippen LogP) is 4.78. The number of hydrogen-bond donors (Lipinski definition) is 0. The molecule has 0 unspecified atom stereocenters. The van der Waals surface area contributed by atoms with E-state index in [1.165, 1.54) is 7.11 Å². The number of carbonyl (C=O) groups excluding carboxylic acids is 1. The van der Waals surface area contributed by atoms with Gasteiger partial charge in [-0.1, -0.05) is 23.7 Å². The van der Waals surface area contributed by atoms with Crippen LogP contribution in [0.1, 0.15) is 12.2 Å². The topological polar surface area (TPSA) is 61.6 Å². The van der Waals surface area contributed by atoms with Crippen LogP contribution in [0.4, 0.5) is 0 Å². The molecule has 0 saturated heterocycles. The van der Waals surface area contributed by atoms with E-state index in [1.54, 1.807) is 19.2 Å². The Hall–Kier alpha value is -2.79. The number of carbonyl (C=O) groups is 1. The number of ether oxygens (including phenoxy) is 2. The van der Waals surface area contributed by atoms with Crippen molar-refractivity contribution in [2.45, 2.75) is 12.8 Å². The third-order valence-electron chi connectivity index (χ3n) is 3.94. The molecule has 0 radical (unpaired) electrons. The second kappa shape index (κ2) is 8.06. The van der Waals surface area contributed by atoms with E-state index in [2.05, 4.69) is 4.98 Å². The van der Waals surface area contributed by atoms with Crippen LogP contribution >= 0.6 is 11.6 Å². The highest BCUT2D eigenvalue weighted by atomic mass is 35.5. The molecule has 0 aliphatic rings. The highest BCUT2D eigenvalue weighted by Crippen LogP contribution is 2.31. The zero-order chi connectivity index (χ0) is 18.5. The summed E-state index contributed by atoms with van der Waals surface area (Å²) in [5, 5.41) is 0.642. The van der Waals surface area contributed by atoms with Gasteiger partial charge in [-0.15, -0.1) is 0 Å². The molecule has 3 rings (SSSR count). The van der Waals surface area contributed by atoms with Crippen molar-refractivity contribution in [1.82, 2.24) is 4.98 Å². The summed E-state index contributed by atoms with van der Waals surface area (Å²) in [6, 6.07) is 14.8. The van der Waals surface area contributed by atoms with Crippen LogP contribution in [0.2, 0.25) is 5.02 Å². The molecule has 0 spiro atoms. The number of nitrogens with zero attached hydrogens (tertiary/aromatic N) is 1. The van der Waals surface area contributed by atoms with E-state index in [4.69, 9.17) is 25.5 Å². The molecule has 0 atom stereocenters. The highest BCUT2D eigenvalue weighted by molar-refractivity contribution is 6.30. The van der Waals surface area contributed by atoms with Crippen molar-refractivity contribution in [3.8, 4) is 28.5 Å². The Labute approximate surface area is 156 Å². The maximum absolute atomic E-state index is 11.5. The van der Waals surface area contributed by atoms with Crippen LogP contribution in [0.3, 0.4) is 0 Å². The monoisotopic (exact) mass is 371 g/mol. The quantitative estimate of drug-likeness (QED) is 0.584. The van der Waals surface area contributed by atoms with Gasteiger partial charge in [0.05, 0.1) is 20.6 Å². The predicted molar refractivity (Wildman–Crippen MR) is 99.3 cm³/mol. The van der Waals surface area contributed by atoms with Gasteiger partial charge in [0.2, 0.25) is 5.89 Å². The number of aryl methyl sites for hydroxylation is 1. The van der Waals surface area contributed by atoms with Crippen molar-refractivity contribution >= 4 is 17.6 Å². The number of halogens is 1. The van der Waals surface area contributed by atoms with Gasteiger partial charge in [-0.3, -0.25) is 4.79 Å². The number of benzene rings is 2. The number of hydrogen-bond acceptors (Lipinski definition) is 5. The Kier molecular flexibility index (Phi) is 5.58. The smallest absolute Gasteiger partial charge is 0.305 e. The maximum Gasteiger partial charge on any atom is 0.305 e. The first-order valence-electron chi connectivity index (χ1n) is 8.07. The SMILES string of the molecule is COC(=O)CCc1oc(-c2ccc(OC)cc2)nc1-c1ccc(Cl)cc1. The number of esters is 1. The summed E-state index contributed by atoms with van der Waals surface area (Å²) in [4.78, 5) is 16.1. The van der Waals surface area contributed by atoms with Crippen molar-refractivity contribution < 1.29 is 18.7 Å². The number of aromatic nitrogens is 1. The molecule has 134 valence electrons. The zero-order valence-electron chi connectivity index (χ0n) is 14.5. The van der Waals surface area contributed by atoms with Gasteiger partial charge in [-0.25, -0.2) is 4.98 Å². The summed E-state index contributed by atoms with van der Waals surface area (Å²) < 4.78 is 15.9. The van der Waals surface area contributed by atoms with Crippen molar-refractivity contribution in [2.75, 3.05) is 14.2 Å². The van der Waals surface area contributed by atoms with Gasteiger partial charge in [0, 0.05) is 22.6 Å². The Bertz CT molecular complexity index is 885. The van der Waals surface area contributed by atoms with Crippen molar-refractivity contribution in [3.63, 3.8) is 0 Å². The Morgan fingerprint density at radius 2 is 1.69 bits per heavy atom. The van der Waals surface area contributed by atoms with Crippen LogP contribution < -0.4 is 4.74 Å². The lowest BCUT2D eigenvalue weighted by Gasteiger charge is -2.01. The molecule has 26 heavy (non-hydrogen) atoms. The van der Waals surface area contributed by atoms with Gasteiger partial charge in [-0.05, 0) is 36.4 Å². The largest absolute Gasteiger partial charge is 0.497 e. The highest BCUT2D eigenvalue weighted by Gasteiger charge is 2.17. The summed E-state index contributed by atoms with van der Waals surface area (Å²) in [5.41, 5.74) is 2.39. The molecular weight excluding hydrogens is 354 g/mol. The molecule has 0 fully saturated rings. The molecule has 5 nitrogen and oxygen atoms in total. The fraction of sp³-hybridized carbons (Fsp3) is 0.200. The van der Waals surface area contributed by atoms with Gasteiger partial charge in [0.25, 0.3) is 0 Å². The molecule has 0 aliphatic heterocycles. The van der Waals surface area contributed by atoms with Crippen LogP contribution in [0.15, 0.2) is 52.9 Å². The average molecular weight is 372 g/mol. The van der Waals surface area contributed by atoms with E-state index in [0.717, 1.165) is 16.9 Å². The van der Waals surface area contributed by atoms with Crippen molar-refractivity contribution in [3.05, 3.63) is 59.3 Å². The van der Waals surface area contributed by atoms with Crippen molar-refractivity contribution in [1.29, 1.82) is 0 Å². The minimum Gasteiger partial charge on any atom is -0.497 e. The normalized spacial score (nSPS) is 10.6. The number of methoxy groups -OCH3 is 2. The van der Waals surface area contributed by atoms with E-state index in [9.17, 15) is 4.79 Å². The molecule has 1 aromatic heterocycles. The molecule has 0 amide bonds. The van der Waals surface area contributed by atoms with Crippen LogP contribution in [0, 0.1) is 0 Å². The summed E-state index contributed by atoms with van der Waals surface area (Å²) in [6.07, 6.45) is 0.613. The fourth-order valence-corrected chi connectivity index (χ4v) is 2.66. The first kappa shape index (κ1) is 18.0. The lowest BCUT2D eigenvalue weighted by atomic mass is 10.1. The van der Waals surface area contributed by atoms with E-state index in [-0.39, 0.29) is 12.4 Å². The molecule has 2 aromatic carbocycles. The molecule has 0 bridgehead atoms. The summed E-state index contributed by atoms with van der Waals surface area (Å²) in [5.74, 6) is 1.57. The van der Waals surface area contributed by atoms with E-state index in [1.807, 2.05) is 36.4 Å². The summed E-state index contributed by atoms with van der Waals surface area (Å²) >= 11 is 5.97. The molecule has 0 aliphatic carbocycles. The van der Waals surface area contributed by atoms with E-state index in [0.29, 0.717) is 28.8 Å². The summed E-state index contributed by atoms with van der Waals surface area (Å²) in [6.45, 7) is 0. The Morgan fingerprint density at radius 1 is 1.04 bits per heavy atom. The zero-order valence-corrected chi connectivity index (χ0v) is 15.2. The minimum atomic E-state index is -0.297. The van der Waals surface area contributed by atoms with Gasteiger partial charge >= 0.3 is 5.97 Å². The molecular formula is C20H18ClNO4. The summed E-state index contributed by atoms with van der Waals surface area (Å²) in [7, 11) is 2.98. The fourth-order valence-electron chi connectivity index (χ4n) is 2.53. The van der Waals surface area contributed by atoms with Crippen LogP contribution in [0.25, 0.3) is 22.7 Å². The second-order valence-electron chi connectivity index (χ2n) is 5.60. The van der Waals surface area contributed by atoms with Gasteiger partial charge < -0.3 is 13.9 Å². The standard InChI is InChI=1S/C20H18ClNO4/c1-24-16-9-5-14(6-10-16)20-22-19(13-3-7-15(21)8-4-13)17(26-20)11-12-18(23)25-2/h3-10H,11-12H2,1-2H3. The lowest BCUT2D eigenvalue weighted by Crippen LogP contribution is -2.02. The maximum atomic E-state index is 11.5. The molecule has 6 heteroatoms. The van der Waals surface area contributed by atoms with Gasteiger partial charge in [0.15, 0.2) is 0 Å². The minimum absolute atomic E-state index is 0.217. The second-order valence-corrected chi connectivity index (χ2v) is 6.04. The molecule has 3 aromatic rings. The lowest BCUT2D eigenvalue weighted by molar-refractivity contribution is -0.140. The van der Waals surface area contributed by atoms with E-state index < -0.39 is 0 Å². The van der Waals surface area contributed by atoms with E-state index >= 15 is 0 Å². The number of oxazole rings is 1. The molecule has 0 N–H and O–H groups in total. The third kappa shape index (κ3) is 4.06. The first-order valence-corrected chi connectivity index (χ1v) is 8.45. The third-order valence-corrected chi connectivity index (χ3v) is 4.19. The number of rotatable bonds is 6. The first-order chi connectivity index (χ1) is 12.6. The van der Waals surface area contributed by atoms with Crippen LogP contribution in [-0.2, 0) is 16.0 Å². The molecule has 1 heterocycles. The molecule has 0 saturated carbocycles. The Balaban J connectivity index is 1.98. The van der Waals surface area contributed by atoms with Gasteiger partial charge in [0.1, 0.15) is 17.2 Å².